The van der Waals surface area contributed by atoms with Crippen LogP contribution in [0.25, 0.3) is 11.1 Å². The van der Waals surface area contributed by atoms with Crippen LogP contribution in [-0.4, -0.2) is 15.9 Å². The number of carbonyl (C=O) groups excluding carboxylic acids is 1. The van der Waals surface area contributed by atoms with Gasteiger partial charge in [0.25, 0.3) is 5.91 Å². The summed E-state index contributed by atoms with van der Waals surface area (Å²) in [7, 11) is 0. The molecule has 2 aromatic heterocycles. The van der Waals surface area contributed by atoms with Crippen molar-refractivity contribution in [3.63, 3.8) is 0 Å². The molecule has 21 heavy (non-hydrogen) atoms. The summed E-state index contributed by atoms with van der Waals surface area (Å²) in [5.74, 6) is 0.435. The van der Waals surface area contributed by atoms with Crippen LogP contribution in [0, 0.1) is 20.8 Å². The third-order valence-electron chi connectivity index (χ3n) is 3.33. The molecule has 1 aromatic carbocycles. The van der Waals surface area contributed by atoms with E-state index in [1.807, 2.05) is 19.9 Å². The van der Waals surface area contributed by atoms with E-state index in [1.54, 1.807) is 31.3 Å². The number of anilines is 1. The van der Waals surface area contributed by atoms with E-state index in [0.717, 1.165) is 11.1 Å². The molecule has 1 amide bonds. The zero-order valence-corrected chi connectivity index (χ0v) is 12.1. The van der Waals surface area contributed by atoms with Crippen LogP contribution in [-0.2, 0) is 0 Å². The smallest absolute Gasteiger partial charge is 0.257 e. The van der Waals surface area contributed by atoms with Crippen LogP contribution < -0.4 is 5.32 Å². The van der Waals surface area contributed by atoms with Gasteiger partial charge in [0.05, 0.1) is 11.3 Å². The van der Waals surface area contributed by atoms with Gasteiger partial charge in [0.2, 0.25) is 0 Å². The van der Waals surface area contributed by atoms with Crippen molar-refractivity contribution in [2.75, 3.05) is 5.32 Å². The van der Waals surface area contributed by atoms with Crippen LogP contribution in [0.15, 0.2) is 34.9 Å². The molecule has 5 nitrogen and oxygen atoms in total. The van der Waals surface area contributed by atoms with Crippen LogP contribution in [0.3, 0.4) is 0 Å². The largest absolute Gasteiger partial charge is 0.441 e. The zero-order chi connectivity index (χ0) is 15.0. The average Bonchev–Trinajstić information content (AvgIpc) is 2.77. The van der Waals surface area contributed by atoms with Crippen molar-refractivity contribution in [2.45, 2.75) is 20.8 Å². The molecule has 0 saturated carbocycles. The predicted octanol–water partition coefficient (Wildman–Crippen LogP) is 3.40. The number of pyridine rings is 1. The van der Waals surface area contributed by atoms with Crippen LogP contribution >= 0.6 is 0 Å². The quantitative estimate of drug-likeness (QED) is 0.781. The minimum atomic E-state index is -0.169. The molecule has 106 valence electrons. The molecule has 0 unspecified atom stereocenters. The molecule has 3 aromatic rings. The maximum atomic E-state index is 12.4. The molecule has 0 saturated heterocycles. The minimum absolute atomic E-state index is 0.169. The van der Waals surface area contributed by atoms with E-state index < -0.39 is 0 Å². The van der Waals surface area contributed by atoms with Gasteiger partial charge in [-0.05, 0) is 43.7 Å². The SMILES string of the molecule is Cc1nc2cc(NC(=O)c3c(C)ccnc3C)ccc2o1. The van der Waals surface area contributed by atoms with E-state index in [0.29, 0.717) is 28.4 Å². The average molecular weight is 281 g/mol. The second-order valence-electron chi connectivity index (χ2n) is 4.96. The van der Waals surface area contributed by atoms with Crippen molar-refractivity contribution < 1.29 is 9.21 Å². The van der Waals surface area contributed by atoms with E-state index in [4.69, 9.17) is 4.42 Å². The topological polar surface area (TPSA) is 68.0 Å². The maximum absolute atomic E-state index is 12.4. The Kier molecular flexibility index (Phi) is 3.17. The van der Waals surface area contributed by atoms with E-state index in [9.17, 15) is 4.79 Å². The minimum Gasteiger partial charge on any atom is -0.441 e. The summed E-state index contributed by atoms with van der Waals surface area (Å²) in [5.41, 5.74) is 4.34. The van der Waals surface area contributed by atoms with Crippen molar-refractivity contribution in [2.24, 2.45) is 0 Å². The van der Waals surface area contributed by atoms with Gasteiger partial charge in [-0.3, -0.25) is 9.78 Å². The number of nitrogens with zero attached hydrogens (tertiary/aromatic N) is 2. The Morgan fingerprint density at radius 3 is 2.76 bits per heavy atom. The first-order valence-electron chi connectivity index (χ1n) is 6.65. The molecule has 0 aliphatic heterocycles. The molecule has 0 spiro atoms. The number of oxazole rings is 1. The highest BCUT2D eigenvalue weighted by molar-refractivity contribution is 6.06. The van der Waals surface area contributed by atoms with Gasteiger partial charge in [0.15, 0.2) is 11.5 Å². The molecule has 2 heterocycles. The first-order valence-corrected chi connectivity index (χ1v) is 6.65. The number of amides is 1. The number of hydrogen-bond donors (Lipinski definition) is 1. The lowest BCUT2D eigenvalue weighted by atomic mass is 10.1. The summed E-state index contributed by atoms with van der Waals surface area (Å²) in [6.07, 6.45) is 1.70. The van der Waals surface area contributed by atoms with Crippen molar-refractivity contribution in [1.29, 1.82) is 0 Å². The fourth-order valence-electron chi connectivity index (χ4n) is 2.35. The Bertz CT molecular complexity index is 816. The van der Waals surface area contributed by atoms with Crippen LogP contribution in [0.4, 0.5) is 5.69 Å². The Hall–Kier alpha value is -2.69. The van der Waals surface area contributed by atoms with Crippen LogP contribution in [0.5, 0.6) is 0 Å². The van der Waals surface area contributed by atoms with Crippen molar-refractivity contribution in [3.05, 3.63) is 53.2 Å². The van der Waals surface area contributed by atoms with E-state index >= 15 is 0 Å². The highest BCUT2D eigenvalue weighted by Gasteiger charge is 2.13. The molecular weight excluding hydrogens is 266 g/mol. The van der Waals surface area contributed by atoms with Crippen LogP contribution in [0.2, 0.25) is 0 Å². The summed E-state index contributed by atoms with van der Waals surface area (Å²) in [6, 6.07) is 7.22. The molecule has 0 bridgehead atoms. The first kappa shape index (κ1) is 13.3. The monoisotopic (exact) mass is 281 g/mol. The molecular formula is C16H15N3O2. The molecule has 0 fully saturated rings. The Labute approximate surface area is 122 Å². The fraction of sp³-hybridized carbons (Fsp3) is 0.188. The van der Waals surface area contributed by atoms with Gasteiger partial charge in [0, 0.05) is 18.8 Å². The fourth-order valence-corrected chi connectivity index (χ4v) is 2.35. The summed E-state index contributed by atoms with van der Waals surface area (Å²) in [5, 5.41) is 2.88. The Morgan fingerprint density at radius 2 is 2.00 bits per heavy atom. The van der Waals surface area contributed by atoms with Gasteiger partial charge < -0.3 is 9.73 Å². The number of aromatic nitrogens is 2. The third-order valence-corrected chi connectivity index (χ3v) is 3.33. The lowest BCUT2D eigenvalue weighted by Gasteiger charge is -2.09. The van der Waals surface area contributed by atoms with Gasteiger partial charge in [-0.25, -0.2) is 4.98 Å². The van der Waals surface area contributed by atoms with Gasteiger partial charge in [-0.1, -0.05) is 0 Å². The van der Waals surface area contributed by atoms with Crippen molar-refractivity contribution >= 4 is 22.7 Å². The summed E-state index contributed by atoms with van der Waals surface area (Å²) in [6.45, 7) is 5.51. The number of fused-ring (bicyclic) bond motifs is 1. The number of carbonyl (C=O) groups is 1. The van der Waals surface area contributed by atoms with E-state index in [1.165, 1.54) is 0 Å². The first-order chi connectivity index (χ1) is 10.0. The number of hydrogen-bond acceptors (Lipinski definition) is 4. The summed E-state index contributed by atoms with van der Waals surface area (Å²) >= 11 is 0. The van der Waals surface area contributed by atoms with Crippen molar-refractivity contribution in [1.82, 2.24) is 9.97 Å². The highest BCUT2D eigenvalue weighted by Crippen LogP contribution is 2.21. The predicted molar refractivity (Wildman–Crippen MR) is 80.4 cm³/mol. The second-order valence-corrected chi connectivity index (χ2v) is 4.96. The normalized spacial score (nSPS) is 10.8. The number of benzene rings is 1. The lowest BCUT2D eigenvalue weighted by molar-refractivity contribution is 0.102. The molecule has 0 radical (unpaired) electrons. The number of aryl methyl sites for hydroxylation is 3. The Balaban J connectivity index is 1.92. The summed E-state index contributed by atoms with van der Waals surface area (Å²) < 4.78 is 5.42. The van der Waals surface area contributed by atoms with Gasteiger partial charge in [-0.15, -0.1) is 0 Å². The Morgan fingerprint density at radius 1 is 1.19 bits per heavy atom. The third kappa shape index (κ3) is 2.50. The van der Waals surface area contributed by atoms with Crippen LogP contribution in [0.1, 0.15) is 27.5 Å². The highest BCUT2D eigenvalue weighted by atomic mass is 16.3. The second kappa shape index (κ2) is 5.01. The van der Waals surface area contributed by atoms with Crippen molar-refractivity contribution in [3.8, 4) is 0 Å². The number of rotatable bonds is 2. The molecule has 3 rings (SSSR count). The summed E-state index contributed by atoms with van der Waals surface area (Å²) in [4.78, 5) is 20.8. The lowest BCUT2D eigenvalue weighted by Crippen LogP contribution is -2.15. The molecule has 0 aliphatic carbocycles. The van der Waals surface area contributed by atoms with E-state index in [-0.39, 0.29) is 5.91 Å². The standard InChI is InChI=1S/C16H15N3O2/c1-9-6-7-17-10(2)15(9)16(20)19-12-4-5-14-13(8-12)18-11(3)21-14/h4-8H,1-3H3,(H,19,20). The van der Waals surface area contributed by atoms with Gasteiger partial charge in [0.1, 0.15) is 5.52 Å². The van der Waals surface area contributed by atoms with Gasteiger partial charge >= 0.3 is 0 Å². The van der Waals surface area contributed by atoms with Gasteiger partial charge in [-0.2, -0.15) is 0 Å². The molecule has 5 heteroatoms. The number of nitrogens with one attached hydrogen (secondary N) is 1. The molecule has 0 atom stereocenters. The zero-order valence-electron chi connectivity index (χ0n) is 12.1. The molecule has 0 aliphatic rings. The molecule has 1 N–H and O–H groups in total. The maximum Gasteiger partial charge on any atom is 0.257 e. The van der Waals surface area contributed by atoms with E-state index in [2.05, 4.69) is 15.3 Å².